The fraction of sp³-hybridized carbons (Fsp3) is 0.278. The summed E-state index contributed by atoms with van der Waals surface area (Å²) in [5.41, 5.74) is 2.03. The average Bonchev–Trinajstić information content (AvgIpc) is 2.61. The number of piperidine rings is 1. The molecule has 1 saturated heterocycles. The summed E-state index contributed by atoms with van der Waals surface area (Å²) < 4.78 is 0. The molecule has 0 bridgehead atoms. The molecule has 0 N–H and O–H groups in total. The summed E-state index contributed by atoms with van der Waals surface area (Å²) in [6.07, 6.45) is 5.93. The number of aromatic nitrogens is 3. The number of anilines is 1. The van der Waals surface area contributed by atoms with Crippen molar-refractivity contribution in [1.82, 2.24) is 15.0 Å². The van der Waals surface area contributed by atoms with E-state index in [1.165, 1.54) is 0 Å². The highest BCUT2D eigenvalue weighted by atomic mass is 35.5. The van der Waals surface area contributed by atoms with Crippen molar-refractivity contribution in [3.05, 3.63) is 59.6 Å². The number of hydrogen-bond acceptors (Lipinski definition) is 4. The van der Waals surface area contributed by atoms with E-state index in [9.17, 15) is 0 Å². The normalized spacial score (nSPS) is 18.3. The van der Waals surface area contributed by atoms with Crippen LogP contribution in [0.1, 0.15) is 24.5 Å². The Morgan fingerprint density at radius 1 is 1.04 bits per heavy atom. The molecule has 1 atom stereocenters. The van der Waals surface area contributed by atoms with Crippen LogP contribution in [0.3, 0.4) is 0 Å². The summed E-state index contributed by atoms with van der Waals surface area (Å²) in [5.74, 6) is 1.35. The van der Waals surface area contributed by atoms with Gasteiger partial charge in [0, 0.05) is 42.5 Å². The Morgan fingerprint density at radius 3 is 2.91 bits per heavy atom. The monoisotopic (exact) mass is 324 g/mol. The van der Waals surface area contributed by atoms with Gasteiger partial charge in [0.05, 0.1) is 0 Å². The van der Waals surface area contributed by atoms with E-state index in [2.05, 4.69) is 32.0 Å². The molecule has 116 valence electrons. The molecule has 1 unspecified atom stereocenters. The zero-order chi connectivity index (χ0) is 15.6. The van der Waals surface area contributed by atoms with Gasteiger partial charge < -0.3 is 4.90 Å². The number of hydrogen-bond donors (Lipinski definition) is 0. The van der Waals surface area contributed by atoms with Crippen LogP contribution in [-0.4, -0.2) is 28.0 Å². The molecule has 0 spiro atoms. The van der Waals surface area contributed by atoms with E-state index in [4.69, 9.17) is 11.6 Å². The summed E-state index contributed by atoms with van der Waals surface area (Å²) in [6, 6.07) is 11.9. The predicted octanol–water partition coefficient (Wildman–Crippen LogP) is 4.06. The highest BCUT2D eigenvalue weighted by Gasteiger charge is 2.24. The third kappa shape index (κ3) is 2.86. The standard InChI is InChI=1S/C18H17ClN4/c19-16-7-1-6-15(22-16)14-5-3-11-23(12-14)18-17-13(8-10-21-18)4-2-9-20-17/h1-2,4,6-10,14H,3,5,11-12H2. The smallest absolute Gasteiger partial charge is 0.155 e. The summed E-state index contributed by atoms with van der Waals surface area (Å²) in [5, 5.41) is 1.69. The van der Waals surface area contributed by atoms with Gasteiger partial charge in [-0.15, -0.1) is 0 Å². The molecule has 4 rings (SSSR count). The molecule has 1 aliphatic rings. The fourth-order valence-electron chi connectivity index (χ4n) is 3.28. The SMILES string of the molecule is Clc1cccc(C2CCCN(c3nccc4cccnc34)C2)n1. The van der Waals surface area contributed by atoms with Crippen LogP contribution in [0.15, 0.2) is 48.8 Å². The highest BCUT2D eigenvalue weighted by molar-refractivity contribution is 6.29. The highest BCUT2D eigenvalue weighted by Crippen LogP contribution is 2.31. The lowest BCUT2D eigenvalue weighted by Gasteiger charge is -2.33. The molecule has 3 aromatic rings. The zero-order valence-corrected chi connectivity index (χ0v) is 13.4. The number of rotatable bonds is 2. The third-order valence-electron chi connectivity index (χ3n) is 4.38. The van der Waals surface area contributed by atoms with Crippen LogP contribution in [-0.2, 0) is 0 Å². The average molecular weight is 325 g/mol. The Balaban J connectivity index is 1.66. The lowest BCUT2D eigenvalue weighted by atomic mass is 9.94. The van der Waals surface area contributed by atoms with Gasteiger partial charge in [-0.1, -0.05) is 23.7 Å². The van der Waals surface area contributed by atoms with Gasteiger partial charge in [0.2, 0.25) is 0 Å². The number of pyridine rings is 3. The van der Waals surface area contributed by atoms with Gasteiger partial charge in [-0.05, 0) is 37.1 Å². The second-order valence-corrected chi connectivity index (χ2v) is 6.27. The molecule has 0 aromatic carbocycles. The molecule has 4 heterocycles. The Kier molecular flexibility index (Phi) is 3.83. The molecule has 0 saturated carbocycles. The van der Waals surface area contributed by atoms with E-state index >= 15 is 0 Å². The van der Waals surface area contributed by atoms with Crippen LogP contribution in [0.5, 0.6) is 0 Å². The van der Waals surface area contributed by atoms with Crippen LogP contribution in [0.4, 0.5) is 5.82 Å². The molecule has 0 aliphatic carbocycles. The molecule has 23 heavy (non-hydrogen) atoms. The topological polar surface area (TPSA) is 41.9 Å². The first-order chi connectivity index (χ1) is 11.3. The van der Waals surface area contributed by atoms with Crippen molar-refractivity contribution in [2.75, 3.05) is 18.0 Å². The summed E-state index contributed by atoms with van der Waals surface area (Å²) in [7, 11) is 0. The molecule has 4 nitrogen and oxygen atoms in total. The molecule has 1 aliphatic heterocycles. The Hall–Kier alpha value is -2.20. The molecule has 0 radical (unpaired) electrons. The van der Waals surface area contributed by atoms with Crippen LogP contribution in [0.2, 0.25) is 5.15 Å². The van der Waals surface area contributed by atoms with E-state index in [0.29, 0.717) is 11.1 Å². The molecule has 5 heteroatoms. The fourth-order valence-corrected chi connectivity index (χ4v) is 3.45. The minimum atomic E-state index is 0.378. The van der Waals surface area contributed by atoms with Gasteiger partial charge in [0.15, 0.2) is 5.82 Å². The molecule has 3 aromatic heterocycles. The van der Waals surface area contributed by atoms with Crippen molar-refractivity contribution in [1.29, 1.82) is 0 Å². The molecule has 1 fully saturated rings. The maximum Gasteiger partial charge on any atom is 0.155 e. The Morgan fingerprint density at radius 2 is 2.00 bits per heavy atom. The van der Waals surface area contributed by atoms with E-state index in [0.717, 1.165) is 48.3 Å². The van der Waals surface area contributed by atoms with Crippen molar-refractivity contribution >= 4 is 28.3 Å². The largest absolute Gasteiger partial charge is 0.354 e. The van der Waals surface area contributed by atoms with Gasteiger partial charge in [-0.25, -0.2) is 9.97 Å². The maximum atomic E-state index is 6.05. The first kappa shape index (κ1) is 14.4. The molecular weight excluding hydrogens is 308 g/mol. The lowest BCUT2D eigenvalue weighted by molar-refractivity contribution is 0.499. The van der Waals surface area contributed by atoms with Gasteiger partial charge >= 0.3 is 0 Å². The predicted molar refractivity (Wildman–Crippen MR) is 93.0 cm³/mol. The first-order valence-corrected chi connectivity index (χ1v) is 8.26. The summed E-state index contributed by atoms with van der Waals surface area (Å²) in [6.45, 7) is 1.90. The number of fused-ring (bicyclic) bond motifs is 1. The lowest BCUT2D eigenvalue weighted by Crippen LogP contribution is -2.35. The Bertz CT molecular complexity index is 831. The van der Waals surface area contributed by atoms with Crippen LogP contribution in [0, 0.1) is 0 Å². The van der Waals surface area contributed by atoms with E-state index in [1.807, 2.05) is 36.7 Å². The van der Waals surface area contributed by atoms with Crippen molar-refractivity contribution in [3.63, 3.8) is 0 Å². The molecular formula is C18H17ClN4. The van der Waals surface area contributed by atoms with Gasteiger partial charge in [0.1, 0.15) is 10.7 Å². The molecule has 0 amide bonds. The Labute approximate surface area is 140 Å². The van der Waals surface area contributed by atoms with E-state index in [1.54, 1.807) is 0 Å². The zero-order valence-electron chi connectivity index (χ0n) is 12.7. The summed E-state index contributed by atoms with van der Waals surface area (Å²) in [4.78, 5) is 15.9. The number of halogens is 1. The number of nitrogens with zero attached hydrogens (tertiary/aromatic N) is 4. The van der Waals surface area contributed by atoms with Crippen LogP contribution >= 0.6 is 11.6 Å². The second-order valence-electron chi connectivity index (χ2n) is 5.88. The first-order valence-electron chi connectivity index (χ1n) is 7.88. The van der Waals surface area contributed by atoms with Crippen LogP contribution in [0.25, 0.3) is 10.9 Å². The quantitative estimate of drug-likeness (QED) is 0.667. The van der Waals surface area contributed by atoms with Gasteiger partial charge in [0.25, 0.3) is 0 Å². The van der Waals surface area contributed by atoms with Crippen LogP contribution < -0.4 is 4.90 Å². The third-order valence-corrected chi connectivity index (χ3v) is 4.59. The second kappa shape index (κ2) is 6.13. The van der Waals surface area contributed by atoms with E-state index in [-0.39, 0.29) is 0 Å². The summed E-state index contributed by atoms with van der Waals surface area (Å²) >= 11 is 6.05. The van der Waals surface area contributed by atoms with E-state index < -0.39 is 0 Å². The minimum Gasteiger partial charge on any atom is -0.354 e. The van der Waals surface area contributed by atoms with Gasteiger partial charge in [-0.2, -0.15) is 0 Å². The van der Waals surface area contributed by atoms with Crippen molar-refractivity contribution < 1.29 is 0 Å². The van der Waals surface area contributed by atoms with Gasteiger partial charge in [-0.3, -0.25) is 4.98 Å². The maximum absolute atomic E-state index is 6.05. The van der Waals surface area contributed by atoms with Crippen molar-refractivity contribution in [2.45, 2.75) is 18.8 Å². The van der Waals surface area contributed by atoms with Crippen molar-refractivity contribution in [2.24, 2.45) is 0 Å². The van der Waals surface area contributed by atoms with Crippen molar-refractivity contribution in [3.8, 4) is 0 Å². The minimum absolute atomic E-state index is 0.378.